The Balaban J connectivity index is 1.78. The fourth-order valence-electron chi connectivity index (χ4n) is 3.29. The molecule has 1 saturated heterocycles. The van der Waals surface area contributed by atoms with E-state index >= 15 is 0 Å². The lowest BCUT2D eigenvalue weighted by Gasteiger charge is -2.26. The number of aryl methyl sites for hydroxylation is 1. The lowest BCUT2D eigenvalue weighted by atomic mass is 10.0. The predicted octanol–water partition coefficient (Wildman–Crippen LogP) is 2.17. The first kappa shape index (κ1) is 15.5. The van der Waals surface area contributed by atoms with E-state index in [9.17, 15) is 4.79 Å². The van der Waals surface area contributed by atoms with Gasteiger partial charge in [-0.15, -0.1) is 11.8 Å². The monoisotopic (exact) mass is 345 g/mol. The molecule has 7 heteroatoms. The van der Waals surface area contributed by atoms with Crippen molar-refractivity contribution in [3.05, 3.63) is 29.5 Å². The fraction of sp³-hybridized carbons (Fsp3) is 0.412. The first-order chi connectivity index (χ1) is 11.7. The molecule has 1 aromatic heterocycles. The Bertz CT molecular complexity index is 797. The van der Waals surface area contributed by atoms with E-state index in [0.29, 0.717) is 32.0 Å². The summed E-state index contributed by atoms with van der Waals surface area (Å²) in [6.45, 7) is 2.44. The number of rotatable bonds is 2. The van der Waals surface area contributed by atoms with Crippen LogP contribution in [0.15, 0.2) is 23.1 Å². The molecule has 0 bridgehead atoms. The zero-order chi connectivity index (χ0) is 16.7. The number of methoxy groups -OCH3 is 1. The van der Waals surface area contributed by atoms with E-state index in [4.69, 9.17) is 9.47 Å². The number of carbonyl (C=O) groups excluding carboxylic acids is 1. The van der Waals surface area contributed by atoms with Gasteiger partial charge in [0.2, 0.25) is 0 Å². The number of fused-ring (bicyclic) bond motifs is 3. The average molecular weight is 345 g/mol. The molecule has 0 unspecified atom stereocenters. The number of hydrogen-bond acceptors (Lipinski definition) is 5. The molecule has 0 aliphatic carbocycles. The van der Waals surface area contributed by atoms with Gasteiger partial charge in [0, 0.05) is 37.0 Å². The maximum absolute atomic E-state index is 12.9. The van der Waals surface area contributed by atoms with E-state index in [1.807, 2.05) is 28.8 Å². The molecule has 3 heterocycles. The van der Waals surface area contributed by atoms with E-state index in [1.165, 1.54) is 0 Å². The van der Waals surface area contributed by atoms with E-state index in [0.717, 1.165) is 33.2 Å². The Hall–Kier alpha value is -1.99. The average Bonchev–Trinajstić information content (AvgIpc) is 2.98. The summed E-state index contributed by atoms with van der Waals surface area (Å²) in [7, 11) is 3.58. The Kier molecular flexibility index (Phi) is 3.97. The fourth-order valence-corrected chi connectivity index (χ4v) is 4.46. The summed E-state index contributed by atoms with van der Waals surface area (Å²) in [5.74, 6) is 1.59. The molecule has 6 nitrogen and oxygen atoms in total. The van der Waals surface area contributed by atoms with Crippen LogP contribution in [0.4, 0.5) is 0 Å². The summed E-state index contributed by atoms with van der Waals surface area (Å²) in [6, 6.07) is 6.00. The van der Waals surface area contributed by atoms with Crippen molar-refractivity contribution < 1.29 is 14.3 Å². The molecule has 0 radical (unpaired) electrons. The molecule has 0 N–H and O–H groups in total. The third-order valence-corrected chi connectivity index (χ3v) is 5.60. The predicted molar refractivity (Wildman–Crippen MR) is 91.5 cm³/mol. The molecule has 4 rings (SSSR count). The second kappa shape index (κ2) is 6.14. The number of benzene rings is 1. The number of aromatic nitrogens is 2. The van der Waals surface area contributed by atoms with E-state index in [2.05, 4.69) is 11.2 Å². The Labute approximate surface area is 144 Å². The smallest absolute Gasteiger partial charge is 0.274 e. The van der Waals surface area contributed by atoms with Gasteiger partial charge in [0.25, 0.3) is 5.91 Å². The number of morpholine rings is 1. The van der Waals surface area contributed by atoms with Crippen LogP contribution in [0.5, 0.6) is 5.75 Å². The maximum atomic E-state index is 12.9. The summed E-state index contributed by atoms with van der Waals surface area (Å²) < 4.78 is 12.6. The molecule has 0 spiro atoms. The van der Waals surface area contributed by atoms with Crippen LogP contribution in [0.3, 0.4) is 0 Å². The largest absolute Gasteiger partial charge is 0.496 e. The van der Waals surface area contributed by atoms with Gasteiger partial charge in [0.05, 0.1) is 30.9 Å². The zero-order valence-corrected chi connectivity index (χ0v) is 14.6. The molecule has 2 aliphatic rings. The van der Waals surface area contributed by atoms with Crippen molar-refractivity contribution in [3.8, 4) is 17.0 Å². The topological polar surface area (TPSA) is 56.6 Å². The van der Waals surface area contributed by atoms with Gasteiger partial charge in [0.15, 0.2) is 5.69 Å². The summed E-state index contributed by atoms with van der Waals surface area (Å²) in [4.78, 5) is 15.8. The standard InChI is InChI=1S/C17H19N3O3S/c1-19-15-11-4-3-5-13(22-2)16(11)24-10-12(15)14(18-19)17(21)20-6-8-23-9-7-20/h3-5H,6-10H2,1-2H3. The van der Waals surface area contributed by atoms with Gasteiger partial charge >= 0.3 is 0 Å². The molecule has 2 aliphatic heterocycles. The highest BCUT2D eigenvalue weighted by Gasteiger charge is 2.31. The van der Waals surface area contributed by atoms with Crippen molar-refractivity contribution >= 4 is 17.7 Å². The van der Waals surface area contributed by atoms with Crippen LogP contribution in [0.1, 0.15) is 16.1 Å². The first-order valence-electron chi connectivity index (χ1n) is 7.93. The summed E-state index contributed by atoms with van der Waals surface area (Å²) in [5.41, 5.74) is 3.67. The molecule has 1 amide bonds. The second-order valence-corrected chi connectivity index (χ2v) is 6.82. The van der Waals surface area contributed by atoms with Crippen LogP contribution in [-0.4, -0.2) is 54.0 Å². The van der Waals surface area contributed by atoms with Gasteiger partial charge in [-0.1, -0.05) is 12.1 Å². The molecular weight excluding hydrogens is 326 g/mol. The van der Waals surface area contributed by atoms with Crippen molar-refractivity contribution in [3.63, 3.8) is 0 Å². The van der Waals surface area contributed by atoms with Gasteiger partial charge < -0.3 is 14.4 Å². The van der Waals surface area contributed by atoms with Crippen LogP contribution in [0.25, 0.3) is 11.3 Å². The number of nitrogens with zero attached hydrogens (tertiary/aromatic N) is 3. The van der Waals surface area contributed by atoms with Gasteiger partial charge in [-0.05, 0) is 6.07 Å². The lowest BCUT2D eigenvalue weighted by molar-refractivity contribution is 0.0298. The van der Waals surface area contributed by atoms with Crippen LogP contribution >= 0.6 is 11.8 Å². The first-order valence-corrected chi connectivity index (χ1v) is 8.92. The third-order valence-electron chi connectivity index (χ3n) is 4.46. The molecule has 2 aromatic rings. The Morgan fingerprint density at radius 2 is 2.12 bits per heavy atom. The van der Waals surface area contributed by atoms with E-state index in [-0.39, 0.29) is 5.91 Å². The van der Waals surface area contributed by atoms with Gasteiger partial charge in [-0.3, -0.25) is 9.48 Å². The summed E-state index contributed by atoms with van der Waals surface area (Å²) >= 11 is 1.70. The number of thioether (sulfide) groups is 1. The van der Waals surface area contributed by atoms with Crippen molar-refractivity contribution in [1.82, 2.24) is 14.7 Å². The molecule has 1 aromatic carbocycles. The highest BCUT2D eigenvalue weighted by molar-refractivity contribution is 7.98. The normalized spacial score (nSPS) is 16.5. The minimum absolute atomic E-state index is 0.00194. The van der Waals surface area contributed by atoms with Crippen LogP contribution in [0.2, 0.25) is 0 Å². The van der Waals surface area contributed by atoms with Crippen LogP contribution < -0.4 is 4.74 Å². The zero-order valence-electron chi connectivity index (χ0n) is 13.7. The minimum Gasteiger partial charge on any atom is -0.496 e. The summed E-state index contributed by atoms with van der Waals surface area (Å²) in [6.07, 6.45) is 0. The minimum atomic E-state index is 0.00194. The van der Waals surface area contributed by atoms with Gasteiger partial charge in [-0.2, -0.15) is 5.10 Å². The van der Waals surface area contributed by atoms with E-state index < -0.39 is 0 Å². The Morgan fingerprint density at radius 3 is 2.88 bits per heavy atom. The lowest BCUT2D eigenvalue weighted by Crippen LogP contribution is -2.41. The molecule has 0 saturated carbocycles. The third kappa shape index (κ3) is 2.39. The SMILES string of the molecule is COc1cccc2c1SCc1c(C(=O)N3CCOCC3)nn(C)c1-2. The molecule has 1 fully saturated rings. The van der Waals surface area contributed by atoms with Crippen LogP contribution in [0, 0.1) is 0 Å². The highest BCUT2D eigenvalue weighted by atomic mass is 32.2. The summed E-state index contributed by atoms with van der Waals surface area (Å²) in [5, 5.41) is 4.55. The molecule has 126 valence electrons. The van der Waals surface area contributed by atoms with E-state index in [1.54, 1.807) is 18.9 Å². The Morgan fingerprint density at radius 1 is 1.33 bits per heavy atom. The van der Waals surface area contributed by atoms with Crippen molar-refractivity contribution in [1.29, 1.82) is 0 Å². The second-order valence-electron chi connectivity index (χ2n) is 5.83. The quantitative estimate of drug-likeness (QED) is 0.835. The number of amides is 1. The van der Waals surface area contributed by atoms with Crippen molar-refractivity contribution in [2.45, 2.75) is 10.6 Å². The maximum Gasteiger partial charge on any atom is 0.274 e. The number of hydrogen-bond donors (Lipinski definition) is 0. The van der Waals surface area contributed by atoms with Crippen LogP contribution in [-0.2, 0) is 17.5 Å². The number of carbonyl (C=O) groups is 1. The molecule has 0 atom stereocenters. The highest BCUT2D eigenvalue weighted by Crippen LogP contribution is 2.46. The van der Waals surface area contributed by atoms with Gasteiger partial charge in [0.1, 0.15) is 5.75 Å². The van der Waals surface area contributed by atoms with Crippen molar-refractivity contribution in [2.24, 2.45) is 7.05 Å². The molecular formula is C17H19N3O3S. The molecule has 24 heavy (non-hydrogen) atoms. The van der Waals surface area contributed by atoms with Gasteiger partial charge in [-0.25, -0.2) is 0 Å². The number of ether oxygens (including phenoxy) is 2. The van der Waals surface area contributed by atoms with Crippen molar-refractivity contribution in [2.75, 3.05) is 33.4 Å².